The van der Waals surface area contributed by atoms with Crippen LogP contribution in [0.25, 0.3) is 0 Å². The molecule has 1 rings (SSSR count). The van der Waals surface area contributed by atoms with E-state index in [0.717, 1.165) is 0 Å². The summed E-state index contributed by atoms with van der Waals surface area (Å²) in [6, 6.07) is 0.313. The summed E-state index contributed by atoms with van der Waals surface area (Å²) in [5.41, 5.74) is 11.2. The molecule has 0 radical (unpaired) electrons. The molecule has 5 unspecified atom stereocenters. The van der Waals surface area contributed by atoms with Gasteiger partial charge in [-0.15, -0.1) is 0 Å². The number of thiol groups is 1. The predicted octanol–water partition coefficient (Wildman–Crippen LogP) is -2.62. The van der Waals surface area contributed by atoms with Crippen LogP contribution in [-0.2, 0) is 30.4 Å². The number of primary amides is 1. The molecule has 0 saturated heterocycles. The van der Waals surface area contributed by atoms with E-state index in [2.05, 4.69) is 28.6 Å². The van der Waals surface area contributed by atoms with Crippen molar-refractivity contribution in [3.63, 3.8) is 0 Å². The number of carboxylic acid groups (broad SMARTS) is 1. The molecule has 0 fully saturated rings. The Morgan fingerprint density at radius 3 is 2.03 bits per heavy atom. The van der Waals surface area contributed by atoms with Crippen LogP contribution < -0.4 is 27.4 Å². The summed E-state index contributed by atoms with van der Waals surface area (Å²) in [7, 11) is 0. The molecule has 0 aliphatic rings. The van der Waals surface area contributed by atoms with E-state index in [1.807, 2.05) is 0 Å². The third kappa shape index (κ3) is 10.2. The van der Waals surface area contributed by atoms with Crippen molar-refractivity contribution in [3.05, 3.63) is 29.8 Å². The number of aliphatic carboxylic acids is 1. The average Bonchev–Trinajstić information content (AvgIpc) is 2.79. The lowest BCUT2D eigenvalue weighted by Crippen LogP contribution is -2.60. The predicted molar refractivity (Wildman–Crippen MR) is 127 cm³/mol. The van der Waals surface area contributed by atoms with Gasteiger partial charge in [0.1, 0.15) is 23.9 Å². The van der Waals surface area contributed by atoms with Gasteiger partial charge >= 0.3 is 5.97 Å². The molecule has 0 aliphatic carbocycles. The second-order valence-electron chi connectivity index (χ2n) is 7.85. The highest BCUT2D eigenvalue weighted by atomic mass is 32.1. The number of aromatic hydroxyl groups is 1. The number of hydrogen-bond donors (Lipinski definition) is 9. The zero-order valence-electron chi connectivity index (χ0n) is 19.0. The molecule has 0 aromatic heterocycles. The van der Waals surface area contributed by atoms with Gasteiger partial charge in [-0.1, -0.05) is 12.1 Å². The highest BCUT2D eigenvalue weighted by Gasteiger charge is 2.32. The zero-order valence-corrected chi connectivity index (χ0v) is 19.9. The molecule has 35 heavy (non-hydrogen) atoms. The third-order valence-electron chi connectivity index (χ3n) is 4.90. The SMILES string of the molecule is CC(O)C(NC(=O)C(N)CS)C(=O)NC(CCC(N)=O)C(=O)NC(Cc1ccc(O)cc1)C(=O)O. The van der Waals surface area contributed by atoms with Gasteiger partial charge in [0.2, 0.25) is 23.6 Å². The van der Waals surface area contributed by atoms with E-state index in [4.69, 9.17) is 11.5 Å². The first-order valence-corrected chi connectivity index (χ1v) is 11.2. The van der Waals surface area contributed by atoms with Crippen molar-refractivity contribution in [2.24, 2.45) is 11.5 Å². The second kappa shape index (κ2) is 14.1. The topological polar surface area (TPSA) is 234 Å². The van der Waals surface area contributed by atoms with E-state index in [1.165, 1.54) is 31.2 Å². The monoisotopic (exact) mass is 513 g/mol. The maximum absolute atomic E-state index is 12.9. The highest BCUT2D eigenvalue weighted by Crippen LogP contribution is 2.12. The summed E-state index contributed by atoms with van der Waals surface area (Å²) in [4.78, 5) is 60.6. The van der Waals surface area contributed by atoms with Crippen molar-refractivity contribution < 1.29 is 39.3 Å². The molecule has 194 valence electrons. The van der Waals surface area contributed by atoms with Crippen LogP contribution in [0.15, 0.2) is 24.3 Å². The number of carbonyl (C=O) groups is 5. The molecular formula is C21H31N5O8S. The van der Waals surface area contributed by atoms with Crippen LogP contribution in [0.1, 0.15) is 25.3 Å². The number of benzene rings is 1. The Kier molecular flexibility index (Phi) is 12.0. The minimum atomic E-state index is -1.50. The van der Waals surface area contributed by atoms with Gasteiger partial charge in [-0.2, -0.15) is 12.6 Å². The van der Waals surface area contributed by atoms with E-state index in [-0.39, 0.29) is 30.8 Å². The van der Waals surface area contributed by atoms with Gasteiger partial charge in [0, 0.05) is 18.6 Å². The van der Waals surface area contributed by atoms with Crippen LogP contribution in [-0.4, -0.2) is 80.9 Å². The molecule has 0 spiro atoms. The van der Waals surface area contributed by atoms with Gasteiger partial charge in [0.05, 0.1) is 12.1 Å². The lowest BCUT2D eigenvalue weighted by molar-refractivity contribution is -0.142. The highest BCUT2D eigenvalue weighted by molar-refractivity contribution is 7.80. The number of amides is 4. The zero-order chi connectivity index (χ0) is 26.7. The largest absolute Gasteiger partial charge is 0.508 e. The minimum absolute atomic E-state index is 0.0195. The van der Waals surface area contributed by atoms with Crippen LogP contribution in [0.2, 0.25) is 0 Å². The van der Waals surface area contributed by atoms with E-state index < -0.39 is 59.9 Å². The lowest BCUT2D eigenvalue weighted by Gasteiger charge is -2.26. The van der Waals surface area contributed by atoms with Crippen LogP contribution in [0.4, 0.5) is 0 Å². The molecule has 5 atom stereocenters. The lowest BCUT2D eigenvalue weighted by atomic mass is 10.0. The van der Waals surface area contributed by atoms with Crippen molar-refractivity contribution >= 4 is 42.2 Å². The Hall–Kier alpha value is -3.36. The summed E-state index contributed by atoms with van der Waals surface area (Å²) in [6.07, 6.45) is -2.10. The van der Waals surface area contributed by atoms with Crippen LogP contribution in [0.5, 0.6) is 5.75 Å². The van der Waals surface area contributed by atoms with Crippen molar-refractivity contribution in [2.75, 3.05) is 5.75 Å². The molecule has 1 aromatic rings. The maximum Gasteiger partial charge on any atom is 0.326 e. The van der Waals surface area contributed by atoms with Gasteiger partial charge in [0.15, 0.2) is 0 Å². The van der Waals surface area contributed by atoms with Gasteiger partial charge in [-0.3, -0.25) is 19.2 Å². The fourth-order valence-electron chi connectivity index (χ4n) is 2.91. The average molecular weight is 514 g/mol. The van der Waals surface area contributed by atoms with E-state index >= 15 is 0 Å². The molecule has 0 saturated carbocycles. The first-order chi connectivity index (χ1) is 16.3. The molecule has 0 heterocycles. The number of carboxylic acids is 1. The quantitative estimate of drug-likeness (QED) is 0.118. The maximum atomic E-state index is 12.9. The van der Waals surface area contributed by atoms with E-state index in [1.54, 1.807) is 0 Å². The molecule has 13 nitrogen and oxygen atoms in total. The number of rotatable bonds is 14. The number of carbonyl (C=O) groups excluding carboxylic acids is 4. The van der Waals surface area contributed by atoms with Crippen LogP contribution >= 0.6 is 12.6 Å². The minimum Gasteiger partial charge on any atom is -0.508 e. The third-order valence-corrected chi connectivity index (χ3v) is 5.29. The van der Waals surface area contributed by atoms with Gasteiger partial charge in [0.25, 0.3) is 0 Å². The second-order valence-corrected chi connectivity index (χ2v) is 8.22. The summed E-state index contributed by atoms with van der Waals surface area (Å²) < 4.78 is 0. The Morgan fingerprint density at radius 1 is 0.971 bits per heavy atom. The Morgan fingerprint density at radius 2 is 1.54 bits per heavy atom. The van der Waals surface area contributed by atoms with Gasteiger partial charge in [-0.05, 0) is 31.0 Å². The number of nitrogens with two attached hydrogens (primary N) is 2. The fraction of sp³-hybridized carbons (Fsp3) is 0.476. The first kappa shape index (κ1) is 29.7. The molecule has 0 bridgehead atoms. The summed E-state index contributed by atoms with van der Waals surface area (Å²) >= 11 is 3.89. The normalized spacial score (nSPS) is 15.1. The molecule has 0 aliphatic heterocycles. The Balaban J connectivity index is 3.02. The Bertz CT molecular complexity index is 911. The number of aliphatic hydroxyl groups is 1. The van der Waals surface area contributed by atoms with Crippen molar-refractivity contribution in [3.8, 4) is 5.75 Å². The number of phenolic OH excluding ortho intramolecular Hbond substituents is 1. The van der Waals surface area contributed by atoms with Crippen LogP contribution in [0.3, 0.4) is 0 Å². The van der Waals surface area contributed by atoms with Crippen LogP contribution in [0, 0.1) is 0 Å². The molecule has 14 heteroatoms. The molecule has 4 amide bonds. The number of aliphatic hydroxyl groups excluding tert-OH is 1. The van der Waals surface area contributed by atoms with E-state index in [9.17, 15) is 39.3 Å². The Labute approximate surface area is 207 Å². The van der Waals surface area contributed by atoms with E-state index in [0.29, 0.717) is 5.56 Å². The van der Waals surface area contributed by atoms with Crippen molar-refractivity contribution in [1.82, 2.24) is 16.0 Å². The van der Waals surface area contributed by atoms with Gasteiger partial charge in [-0.25, -0.2) is 4.79 Å². The summed E-state index contributed by atoms with van der Waals surface area (Å²) in [6.45, 7) is 1.23. The number of nitrogens with one attached hydrogen (secondary N) is 3. The number of phenols is 1. The summed E-state index contributed by atoms with van der Waals surface area (Å²) in [5.74, 6) is -4.82. The first-order valence-electron chi connectivity index (χ1n) is 10.6. The number of hydrogen-bond acceptors (Lipinski definition) is 9. The van der Waals surface area contributed by atoms with Crippen molar-refractivity contribution in [1.29, 1.82) is 0 Å². The fourth-order valence-corrected chi connectivity index (χ4v) is 3.07. The summed E-state index contributed by atoms with van der Waals surface area (Å²) in [5, 5.41) is 35.7. The van der Waals surface area contributed by atoms with Crippen molar-refractivity contribution in [2.45, 2.75) is 56.5 Å². The standard InChI is InChI=1S/C21H31N5O8S/c1-10(27)17(26-18(30)13(22)9-35)20(32)24-14(6-7-16(23)29)19(31)25-15(21(33)34)8-11-2-4-12(28)5-3-11/h2-5,10,13-15,17,27-28,35H,6-9,22H2,1H3,(H2,23,29)(H,24,32)(H,25,31)(H,26,30)(H,33,34). The molecular weight excluding hydrogens is 482 g/mol. The smallest absolute Gasteiger partial charge is 0.326 e. The van der Waals surface area contributed by atoms with Gasteiger partial charge < -0.3 is 42.7 Å². The molecule has 1 aromatic carbocycles. The molecule has 10 N–H and O–H groups in total.